The second-order valence-corrected chi connectivity index (χ2v) is 8.47. The number of ether oxygens (including phenoxy) is 2. The topological polar surface area (TPSA) is 73.0 Å². The highest BCUT2D eigenvalue weighted by atomic mass is 19.4. The standard InChI is InChI=1S/C30H21F3N4O2/c1-38-26-12-6-8-21(29(26)39-19-22-7-2-3-9-23(22)30(31,32)33)14-16-28-36-24-10-4-5-11-25(24)37(28)27-15-13-20(17-34)18-35-27/h2-16,18H,19H2,1H3. The minimum Gasteiger partial charge on any atom is -0.493 e. The molecule has 0 amide bonds. The number of fused-ring (bicyclic) bond motifs is 1. The molecule has 3 aromatic carbocycles. The van der Waals surface area contributed by atoms with E-state index < -0.39 is 11.7 Å². The number of nitrogens with zero attached hydrogens (tertiary/aromatic N) is 4. The zero-order chi connectivity index (χ0) is 27.4. The van der Waals surface area contributed by atoms with Crippen LogP contribution in [-0.4, -0.2) is 21.6 Å². The number of imidazole rings is 1. The summed E-state index contributed by atoms with van der Waals surface area (Å²) in [5.41, 5.74) is 1.85. The molecule has 9 heteroatoms. The lowest BCUT2D eigenvalue weighted by atomic mass is 10.1. The molecule has 0 fully saturated rings. The van der Waals surface area contributed by atoms with Gasteiger partial charge in [-0.2, -0.15) is 18.4 Å². The Bertz CT molecular complexity index is 1700. The predicted octanol–water partition coefficient (Wildman–Crippen LogP) is 7.07. The van der Waals surface area contributed by atoms with E-state index in [1.807, 2.05) is 28.8 Å². The van der Waals surface area contributed by atoms with Crippen molar-refractivity contribution in [2.24, 2.45) is 0 Å². The number of methoxy groups -OCH3 is 1. The third kappa shape index (κ3) is 5.31. The summed E-state index contributed by atoms with van der Waals surface area (Å²) in [4.78, 5) is 9.15. The van der Waals surface area contributed by atoms with Gasteiger partial charge in [-0.25, -0.2) is 9.97 Å². The lowest BCUT2D eigenvalue weighted by Crippen LogP contribution is -2.11. The molecule has 0 bridgehead atoms. The number of rotatable bonds is 7. The highest BCUT2D eigenvalue weighted by molar-refractivity contribution is 5.82. The van der Waals surface area contributed by atoms with E-state index in [1.165, 1.54) is 25.4 Å². The molecule has 0 unspecified atom stereocenters. The summed E-state index contributed by atoms with van der Waals surface area (Å²) < 4.78 is 53.7. The molecule has 0 saturated carbocycles. The minimum atomic E-state index is -4.50. The molecule has 0 aliphatic heterocycles. The number of alkyl halides is 3. The van der Waals surface area contributed by atoms with E-state index in [0.29, 0.717) is 34.3 Å². The fourth-order valence-corrected chi connectivity index (χ4v) is 4.20. The number of aromatic nitrogens is 3. The highest BCUT2D eigenvalue weighted by Gasteiger charge is 2.33. The van der Waals surface area contributed by atoms with Gasteiger partial charge in [-0.1, -0.05) is 42.5 Å². The molecule has 6 nitrogen and oxygen atoms in total. The van der Waals surface area contributed by atoms with E-state index in [4.69, 9.17) is 19.7 Å². The second kappa shape index (κ2) is 10.7. The van der Waals surface area contributed by atoms with Crippen molar-refractivity contribution in [3.8, 4) is 23.4 Å². The van der Waals surface area contributed by atoms with Gasteiger partial charge in [0, 0.05) is 17.3 Å². The van der Waals surface area contributed by atoms with Crippen molar-refractivity contribution in [3.63, 3.8) is 0 Å². The number of halogens is 3. The normalized spacial score (nSPS) is 11.6. The zero-order valence-electron chi connectivity index (χ0n) is 20.7. The summed E-state index contributed by atoms with van der Waals surface area (Å²) >= 11 is 0. The first-order valence-electron chi connectivity index (χ1n) is 11.9. The van der Waals surface area contributed by atoms with Crippen LogP contribution < -0.4 is 9.47 Å². The van der Waals surface area contributed by atoms with Crippen molar-refractivity contribution in [1.82, 2.24) is 14.5 Å². The van der Waals surface area contributed by atoms with E-state index in [2.05, 4.69) is 11.1 Å². The third-order valence-electron chi connectivity index (χ3n) is 6.03. The van der Waals surface area contributed by atoms with Gasteiger partial charge in [0.1, 0.15) is 24.3 Å². The molecular weight excluding hydrogens is 505 g/mol. The van der Waals surface area contributed by atoms with Crippen LogP contribution in [0.15, 0.2) is 85.1 Å². The molecule has 2 heterocycles. The number of nitriles is 1. The fraction of sp³-hybridized carbons (Fsp3) is 0.100. The Balaban J connectivity index is 1.53. The number of pyridine rings is 1. The van der Waals surface area contributed by atoms with Gasteiger partial charge in [0.05, 0.1) is 29.3 Å². The fourth-order valence-electron chi connectivity index (χ4n) is 4.20. The lowest BCUT2D eigenvalue weighted by Gasteiger charge is -2.16. The van der Waals surface area contributed by atoms with Crippen LogP contribution in [0, 0.1) is 11.3 Å². The minimum absolute atomic E-state index is 0.0134. The van der Waals surface area contributed by atoms with Gasteiger partial charge in [0.2, 0.25) is 0 Å². The van der Waals surface area contributed by atoms with Crippen LogP contribution in [-0.2, 0) is 12.8 Å². The maximum absolute atomic E-state index is 13.5. The molecule has 0 spiro atoms. The lowest BCUT2D eigenvalue weighted by molar-refractivity contribution is -0.138. The van der Waals surface area contributed by atoms with Crippen molar-refractivity contribution in [1.29, 1.82) is 5.26 Å². The van der Waals surface area contributed by atoms with Gasteiger partial charge in [-0.05, 0) is 48.6 Å². The van der Waals surface area contributed by atoms with Crippen molar-refractivity contribution in [2.75, 3.05) is 7.11 Å². The van der Waals surface area contributed by atoms with Crippen molar-refractivity contribution in [2.45, 2.75) is 12.8 Å². The molecule has 5 aromatic rings. The average molecular weight is 527 g/mol. The first-order valence-corrected chi connectivity index (χ1v) is 11.9. The van der Waals surface area contributed by atoms with Crippen molar-refractivity contribution < 1.29 is 22.6 Å². The predicted molar refractivity (Wildman–Crippen MR) is 141 cm³/mol. The number of hydrogen-bond acceptors (Lipinski definition) is 5. The Morgan fingerprint density at radius 3 is 2.49 bits per heavy atom. The first-order chi connectivity index (χ1) is 18.9. The summed E-state index contributed by atoms with van der Waals surface area (Å²) in [7, 11) is 1.47. The Morgan fingerprint density at radius 2 is 1.74 bits per heavy atom. The quantitative estimate of drug-likeness (QED) is 0.227. The van der Waals surface area contributed by atoms with Crippen LogP contribution in [0.5, 0.6) is 11.5 Å². The van der Waals surface area contributed by atoms with Crippen LogP contribution in [0.1, 0.15) is 28.1 Å². The second-order valence-electron chi connectivity index (χ2n) is 8.47. The van der Waals surface area contributed by atoms with E-state index in [9.17, 15) is 13.2 Å². The summed E-state index contributed by atoms with van der Waals surface area (Å²) in [5.74, 6) is 1.81. The third-order valence-corrected chi connectivity index (χ3v) is 6.03. The molecule has 0 radical (unpaired) electrons. The molecule has 194 valence electrons. The van der Waals surface area contributed by atoms with E-state index >= 15 is 0 Å². The maximum Gasteiger partial charge on any atom is 0.416 e. The monoisotopic (exact) mass is 526 g/mol. The molecule has 0 N–H and O–H groups in total. The van der Waals surface area contributed by atoms with Gasteiger partial charge in [0.15, 0.2) is 11.5 Å². The summed E-state index contributed by atoms with van der Waals surface area (Å²) in [6.07, 6.45) is 0.520. The van der Waals surface area contributed by atoms with Gasteiger partial charge >= 0.3 is 6.18 Å². The Hall–Kier alpha value is -5.10. The Morgan fingerprint density at radius 1 is 0.949 bits per heavy atom. The van der Waals surface area contributed by atoms with Crippen LogP contribution >= 0.6 is 0 Å². The van der Waals surface area contributed by atoms with Crippen LogP contribution in [0.3, 0.4) is 0 Å². The van der Waals surface area contributed by atoms with Crippen LogP contribution in [0.2, 0.25) is 0 Å². The summed E-state index contributed by atoms with van der Waals surface area (Å²) in [6.45, 7) is -0.301. The van der Waals surface area contributed by atoms with Gasteiger partial charge < -0.3 is 9.47 Å². The molecule has 0 atom stereocenters. The molecule has 2 aromatic heterocycles. The summed E-state index contributed by atoms with van der Waals surface area (Å²) in [6, 6.07) is 23.6. The van der Waals surface area contributed by atoms with Gasteiger partial charge in [-0.15, -0.1) is 0 Å². The van der Waals surface area contributed by atoms with Crippen molar-refractivity contribution in [3.05, 3.63) is 113 Å². The molecule has 0 aliphatic carbocycles. The highest BCUT2D eigenvalue weighted by Crippen LogP contribution is 2.36. The molecule has 5 rings (SSSR count). The number of benzene rings is 3. The van der Waals surface area contributed by atoms with E-state index in [-0.39, 0.29) is 12.2 Å². The molecule has 0 saturated heterocycles. The smallest absolute Gasteiger partial charge is 0.416 e. The average Bonchev–Trinajstić information content (AvgIpc) is 3.33. The zero-order valence-corrected chi connectivity index (χ0v) is 20.7. The van der Waals surface area contributed by atoms with Crippen LogP contribution in [0.4, 0.5) is 13.2 Å². The van der Waals surface area contributed by atoms with E-state index in [1.54, 1.807) is 48.6 Å². The SMILES string of the molecule is COc1cccc(C=Cc2nc3ccccc3n2-c2ccc(C#N)cn2)c1OCc1ccccc1C(F)(F)F. The Kier molecular flexibility index (Phi) is 7.02. The first kappa shape index (κ1) is 25.5. The molecule has 39 heavy (non-hydrogen) atoms. The molecular formula is C30H21F3N4O2. The van der Waals surface area contributed by atoms with E-state index in [0.717, 1.165) is 17.1 Å². The number of hydrogen-bond donors (Lipinski definition) is 0. The number of para-hydroxylation sites is 3. The van der Waals surface area contributed by atoms with Crippen LogP contribution in [0.25, 0.3) is 29.0 Å². The van der Waals surface area contributed by atoms with Gasteiger partial charge in [-0.3, -0.25) is 4.57 Å². The van der Waals surface area contributed by atoms with Gasteiger partial charge in [0.25, 0.3) is 0 Å². The largest absolute Gasteiger partial charge is 0.493 e. The van der Waals surface area contributed by atoms with Crippen molar-refractivity contribution >= 4 is 23.2 Å². The molecule has 0 aliphatic rings. The Labute approximate surface area is 222 Å². The summed E-state index contributed by atoms with van der Waals surface area (Å²) in [5, 5.41) is 9.14. The maximum atomic E-state index is 13.5.